The average Bonchev–Trinajstić information content (AvgIpc) is 3.48. The molecule has 0 radical (unpaired) electrons. The summed E-state index contributed by atoms with van der Waals surface area (Å²) < 4.78 is 41.3. The van der Waals surface area contributed by atoms with E-state index >= 15 is 0 Å². The fourth-order valence-electron chi connectivity index (χ4n) is 4.63. The summed E-state index contributed by atoms with van der Waals surface area (Å²) in [4.78, 5) is 34.6. The molecular weight excluding hydrogens is 576 g/mol. The van der Waals surface area contributed by atoms with E-state index in [1.54, 1.807) is 23.5 Å². The van der Waals surface area contributed by atoms with Crippen molar-refractivity contribution in [3.8, 4) is 11.3 Å². The largest absolute Gasteiger partial charge is 0.696 e. The fraction of sp³-hybridized carbons (Fsp3) is 0.308. The van der Waals surface area contributed by atoms with Gasteiger partial charge >= 0.3 is 27.4 Å². The quantitative estimate of drug-likeness (QED) is 0.105. The van der Waals surface area contributed by atoms with Gasteiger partial charge in [0.05, 0.1) is 10.4 Å². The number of nitrogens with zero attached hydrogens (tertiary/aromatic N) is 3. The average molecular weight is 605 g/mol. The molecule has 2 N–H and O–H groups in total. The van der Waals surface area contributed by atoms with Gasteiger partial charge in [-0.3, -0.25) is 0 Å². The summed E-state index contributed by atoms with van der Waals surface area (Å²) in [5.74, 6) is -0.523. The van der Waals surface area contributed by atoms with E-state index in [2.05, 4.69) is 34.9 Å². The van der Waals surface area contributed by atoms with E-state index in [0.717, 1.165) is 41.0 Å². The third-order valence-corrected chi connectivity index (χ3v) is 8.62. The Morgan fingerprint density at radius 3 is 2.30 bits per heavy atom. The molecule has 2 unspecified atom stereocenters. The molecule has 11 nitrogen and oxygen atoms in total. The van der Waals surface area contributed by atoms with Crippen molar-refractivity contribution in [1.82, 2.24) is 4.40 Å². The molecule has 208 valence electrons. The maximum absolute atomic E-state index is 13.0. The number of benzene rings is 2. The predicted molar refractivity (Wildman–Crippen MR) is 148 cm³/mol. The standard InChI is InChI=1S/C26H26N3O8P2S/c1-18-6-8-19(9-7-18)23-14-28-22-4-2-3-5-24(22)40-26(28)29(23)17-35-25(30)20-10-12-21(13-11-20)27(15-36-38(31)32)16-37-39(33)34/h6-14H,2-5,15-17H2,1H3/q+1/p+2. The summed E-state index contributed by atoms with van der Waals surface area (Å²) in [6.45, 7) is 1.33. The molecule has 0 spiro atoms. The smallest absolute Gasteiger partial charge is 0.421 e. The van der Waals surface area contributed by atoms with Gasteiger partial charge in [0.15, 0.2) is 19.2 Å². The number of hydrogen-bond donors (Lipinski definition) is 2. The van der Waals surface area contributed by atoms with Crippen LogP contribution in [-0.4, -0.2) is 33.6 Å². The molecular formula is C26H28N3O8P2S+3. The van der Waals surface area contributed by atoms with Crippen LogP contribution in [0.15, 0.2) is 54.7 Å². The van der Waals surface area contributed by atoms with Gasteiger partial charge in [0.2, 0.25) is 6.73 Å². The number of hydrogen-bond acceptors (Lipinski definition) is 8. The van der Waals surface area contributed by atoms with Crippen molar-refractivity contribution >= 4 is 44.5 Å². The van der Waals surface area contributed by atoms with Gasteiger partial charge in [-0.2, -0.15) is 8.97 Å². The van der Waals surface area contributed by atoms with Gasteiger partial charge in [0.1, 0.15) is 11.9 Å². The minimum Gasteiger partial charge on any atom is -0.421 e. The van der Waals surface area contributed by atoms with Crippen LogP contribution < -0.4 is 9.47 Å². The van der Waals surface area contributed by atoms with Gasteiger partial charge in [-0.1, -0.05) is 50.2 Å². The normalized spacial score (nSPS) is 13.7. The molecule has 4 aromatic rings. The van der Waals surface area contributed by atoms with Gasteiger partial charge in [-0.15, -0.1) is 9.79 Å². The van der Waals surface area contributed by atoms with E-state index in [-0.39, 0.29) is 20.2 Å². The summed E-state index contributed by atoms with van der Waals surface area (Å²) >= 11 is 1.74. The molecule has 5 rings (SSSR count). The molecule has 1 aliphatic carbocycles. The van der Waals surface area contributed by atoms with Crippen LogP contribution in [0.3, 0.4) is 0 Å². The van der Waals surface area contributed by atoms with Crippen molar-refractivity contribution < 1.29 is 42.1 Å². The second-order valence-corrected chi connectivity index (χ2v) is 11.8. The Morgan fingerprint density at radius 2 is 1.65 bits per heavy atom. The lowest BCUT2D eigenvalue weighted by Gasteiger charge is -2.18. The van der Waals surface area contributed by atoms with E-state index in [9.17, 15) is 13.9 Å². The first-order valence-corrected chi connectivity index (χ1v) is 15.6. The van der Waals surface area contributed by atoms with E-state index in [1.807, 2.05) is 11.5 Å². The number of fused-ring (bicyclic) bond motifs is 3. The highest BCUT2D eigenvalue weighted by atomic mass is 32.1. The molecule has 0 saturated carbocycles. The molecule has 0 fully saturated rings. The van der Waals surface area contributed by atoms with Crippen LogP contribution in [0.2, 0.25) is 0 Å². The Morgan fingerprint density at radius 1 is 1.00 bits per heavy atom. The molecule has 2 aromatic carbocycles. The molecule has 40 heavy (non-hydrogen) atoms. The lowest BCUT2D eigenvalue weighted by molar-refractivity contribution is -0.691. The van der Waals surface area contributed by atoms with Crippen LogP contribution in [0.1, 0.15) is 39.3 Å². The van der Waals surface area contributed by atoms with E-state index in [0.29, 0.717) is 11.3 Å². The SMILES string of the molecule is Cc1ccc(-c2cn3c4c(sc3[n+]2COC(=O)c2ccc(N(CO[P+](=O)O)CO[P+](=O)O)cc2)CCCC4)cc1. The second-order valence-electron chi connectivity index (χ2n) is 9.28. The Labute approximate surface area is 236 Å². The van der Waals surface area contributed by atoms with Crippen molar-refractivity contribution in [1.29, 1.82) is 0 Å². The van der Waals surface area contributed by atoms with E-state index in [4.69, 9.17) is 23.6 Å². The maximum Gasteiger partial charge on any atom is 0.696 e. The zero-order valence-corrected chi connectivity index (χ0v) is 24.2. The highest BCUT2D eigenvalue weighted by Gasteiger charge is 2.29. The Hall–Kier alpha value is -3.08. The number of carbonyl (C=O) groups excluding carboxylic acids is 1. The number of esters is 1. The number of rotatable bonds is 11. The molecule has 0 aliphatic heterocycles. The van der Waals surface area contributed by atoms with Gasteiger partial charge in [0.25, 0.3) is 0 Å². The molecule has 0 saturated heterocycles. The first-order valence-electron chi connectivity index (χ1n) is 12.5. The maximum atomic E-state index is 13.0. The first kappa shape index (κ1) is 28.4. The van der Waals surface area contributed by atoms with Crippen molar-refractivity contribution in [3.05, 3.63) is 76.4 Å². The summed E-state index contributed by atoms with van der Waals surface area (Å²) in [6, 6.07) is 14.5. The molecule has 2 aromatic heterocycles. The molecule has 14 heteroatoms. The molecule has 0 bridgehead atoms. The summed E-state index contributed by atoms with van der Waals surface area (Å²) in [5, 5.41) is 0. The summed E-state index contributed by atoms with van der Waals surface area (Å²) in [5.41, 5.74) is 5.22. The summed E-state index contributed by atoms with van der Waals surface area (Å²) in [7, 11) is -5.77. The van der Waals surface area contributed by atoms with Crippen LogP contribution in [0.25, 0.3) is 16.2 Å². The second kappa shape index (κ2) is 12.6. The Balaban J connectivity index is 1.36. The third-order valence-electron chi connectivity index (χ3n) is 6.66. The van der Waals surface area contributed by atoms with Crippen molar-refractivity contribution in [3.63, 3.8) is 0 Å². The van der Waals surface area contributed by atoms with E-state index in [1.165, 1.54) is 34.0 Å². The number of aromatic nitrogens is 2. The van der Waals surface area contributed by atoms with Gasteiger partial charge < -0.3 is 9.64 Å². The minimum atomic E-state index is -2.88. The predicted octanol–water partition coefficient (Wildman–Crippen LogP) is 5.01. The van der Waals surface area contributed by atoms with Gasteiger partial charge in [-0.05, 0) is 50.5 Å². The summed E-state index contributed by atoms with van der Waals surface area (Å²) in [6.07, 6.45) is 6.56. The number of imidazole rings is 1. The van der Waals surface area contributed by atoms with Crippen LogP contribution in [0.5, 0.6) is 0 Å². The monoisotopic (exact) mass is 604 g/mol. The van der Waals surface area contributed by atoms with E-state index < -0.39 is 22.5 Å². The molecule has 2 atom stereocenters. The zero-order chi connectivity index (χ0) is 28.2. The number of aryl methyl sites for hydroxylation is 3. The van der Waals surface area contributed by atoms with Crippen LogP contribution >= 0.6 is 27.8 Å². The highest BCUT2D eigenvalue weighted by Crippen LogP contribution is 2.31. The first-order chi connectivity index (χ1) is 19.3. The number of carbonyl (C=O) groups is 1. The van der Waals surface area contributed by atoms with Crippen molar-refractivity contribution in [2.75, 3.05) is 18.4 Å². The molecule has 2 heterocycles. The van der Waals surface area contributed by atoms with Crippen LogP contribution in [0.4, 0.5) is 5.69 Å². The lowest BCUT2D eigenvalue weighted by atomic mass is 10.0. The molecule has 1 aliphatic rings. The Kier molecular flexibility index (Phi) is 8.97. The fourth-order valence-corrected chi connectivity index (χ4v) is 6.42. The minimum absolute atomic E-state index is 0.0284. The Bertz CT molecular complexity index is 1530. The number of thiazole rings is 1. The number of anilines is 1. The highest BCUT2D eigenvalue weighted by molar-refractivity contribution is 7.32. The number of ether oxygens (including phenoxy) is 1. The zero-order valence-electron chi connectivity index (χ0n) is 21.6. The van der Waals surface area contributed by atoms with Gasteiger partial charge in [-0.25, -0.2) is 4.79 Å². The third kappa shape index (κ3) is 6.45. The van der Waals surface area contributed by atoms with Gasteiger partial charge in [0, 0.05) is 26.8 Å². The molecule has 0 amide bonds. The van der Waals surface area contributed by atoms with Crippen molar-refractivity contribution in [2.24, 2.45) is 0 Å². The lowest BCUT2D eigenvalue weighted by Crippen LogP contribution is -2.37. The topological polar surface area (TPSA) is 131 Å². The van der Waals surface area contributed by atoms with Crippen LogP contribution in [0, 0.1) is 6.92 Å². The van der Waals surface area contributed by atoms with Crippen molar-refractivity contribution in [2.45, 2.75) is 39.3 Å². The van der Waals surface area contributed by atoms with Crippen LogP contribution in [-0.2, 0) is 42.5 Å².